The average Bonchev–Trinajstić information content (AvgIpc) is 3.11. The van der Waals surface area contributed by atoms with Crippen LogP contribution >= 0.6 is 11.6 Å². The van der Waals surface area contributed by atoms with Gasteiger partial charge in [0.2, 0.25) is 10.0 Å². The standard InChI is InChI=1S/C18H24ClN3O3S/c1-13-17(18(19)21(2)20-13)26(24,25)22(11-14-7-4-3-5-8-14)12-15-9-6-10-16(15)23/h3-5,7-8,15-16,23H,6,9-12H2,1-2H3. The second kappa shape index (κ2) is 7.68. The van der Waals surface area contributed by atoms with E-state index in [0.717, 1.165) is 24.8 Å². The molecule has 0 radical (unpaired) electrons. The summed E-state index contributed by atoms with van der Waals surface area (Å²) in [6, 6.07) is 9.45. The number of sulfonamides is 1. The summed E-state index contributed by atoms with van der Waals surface area (Å²) in [7, 11) is -2.22. The first-order valence-corrected chi connectivity index (χ1v) is 10.5. The first kappa shape index (κ1) is 19.4. The first-order valence-electron chi connectivity index (χ1n) is 8.72. The van der Waals surface area contributed by atoms with Crippen molar-refractivity contribution >= 4 is 21.6 Å². The molecule has 1 saturated carbocycles. The van der Waals surface area contributed by atoms with Gasteiger partial charge in [0.05, 0.1) is 11.8 Å². The Labute approximate surface area is 159 Å². The van der Waals surface area contributed by atoms with E-state index in [1.165, 1.54) is 8.99 Å². The van der Waals surface area contributed by atoms with Crippen LogP contribution in [0.1, 0.15) is 30.5 Å². The second-order valence-corrected chi connectivity index (χ2v) is 9.10. The molecule has 1 aromatic heterocycles. The quantitative estimate of drug-likeness (QED) is 0.813. The maximum absolute atomic E-state index is 13.4. The molecule has 0 aliphatic heterocycles. The molecular weight excluding hydrogens is 374 g/mol. The lowest BCUT2D eigenvalue weighted by Crippen LogP contribution is -2.37. The highest BCUT2D eigenvalue weighted by atomic mass is 35.5. The van der Waals surface area contributed by atoms with Crippen LogP contribution in [0.3, 0.4) is 0 Å². The van der Waals surface area contributed by atoms with Crippen molar-refractivity contribution in [3.63, 3.8) is 0 Å². The fraction of sp³-hybridized carbons (Fsp3) is 0.500. The van der Waals surface area contributed by atoms with Gasteiger partial charge in [-0.25, -0.2) is 8.42 Å². The summed E-state index contributed by atoms with van der Waals surface area (Å²) in [5.74, 6) is -0.0655. The molecule has 1 aliphatic rings. The van der Waals surface area contributed by atoms with Gasteiger partial charge in [-0.3, -0.25) is 4.68 Å². The van der Waals surface area contributed by atoms with E-state index in [1.54, 1.807) is 14.0 Å². The fourth-order valence-electron chi connectivity index (χ4n) is 3.56. The Hall–Kier alpha value is -1.41. The lowest BCUT2D eigenvalue weighted by molar-refractivity contribution is 0.119. The number of aliphatic hydroxyl groups is 1. The zero-order chi connectivity index (χ0) is 18.9. The Balaban J connectivity index is 1.98. The van der Waals surface area contributed by atoms with E-state index in [-0.39, 0.29) is 29.1 Å². The van der Waals surface area contributed by atoms with Gasteiger partial charge in [0.25, 0.3) is 0 Å². The molecule has 0 saturated heterocycles. The molecule has 6 nitrogen and oxygen atoms in total. The molecule has 1 heterocycles. The van der Waals surface area contributed by atoms with Gasteiger partial charge in [-0.2, -0.15) is 9.40 Å². The van der Waals surface area contributed by atoms with Crippen LogP contribution in [0.15, 0.2) is 35.2 Å². The maximum Gasteiger partial charge on any atom is 0.248 e. The zero-order valence-corrected chi connectivity index (χ0v) is 16.5. The molecule has 142 valence electrons. The maximum atomic E-state index is 13.4. The van der Waals surface area contributed by atoms with Crippen LogP contribution in [0.4, 0.5) is 0 Å². The minimum absolute atomic E-state index is 0.0464. The van der Waals surface area contributed by atoms with Gasteiger partial charge in [0.1, 0.15) is 10.0 Å². The van der Waals surface area contributed by atoms with E-state index < -0.39 is 16.1 Å². The van der Waals surface area contributed by atoms with Gasteiger partial charge in [-0.05, 0) is 31.2 Å². The van der Waals surface area contributed by atoms with Gasteiger partial charge < -0.3 is 5.11 Å². The monoisotopic (exact) mass is 397 g/mol. The van der Waals surface area contributed by atoms with Gasteiger partial charge in [-0.15, -0.1) is 0 Å². The highest BCUT2D eigenvalue weighted by molar-refractivity contribution is 7.89. The van der Waals surface area contributed by atoms with Crippen molar-refractivity contribution in [2.45, 2.75) is 43.7 Å². The molecule has 0 spiro atoms. The lowest BCUT2D eigenvalue weighted by atomic mass is 10.1. The fourth-order valence-corrected chi connectivity index (χ4v) is 5.75. The number of nitrogens with zero attached hydrogens (tertiary/aromatic N) is 3. The van der Waals surface area contributed by atoms with Crippen LogP contribution in [0.25, 0.3) is 0 Å². The minimum Gasteiger partial charge on any atom is -0.393 e. The molecule has 8 heteroatoms. The van der Waals surface area contributed by atoms with E-state index in [1.807, 2.05) is 30.3 Å². The Morgan fingerprint density at radius 2 is 2.00 bits per heavy atom. The van der Waals surface area contributed by atoms with Crippen LogP contribution in [0, 0.1) is 12.8 Å². The first-order chi connectivity index (χ1) is 12.3. The largest absolute Gasteiger partial charge is 0.393 e. The average molecular weight is 398 g/mol. The van der Waals surface area contributed by atoms with Gasteiger partial charge >= 0.3 is 0 Å². The number of benzene rings is 1. The number of halogens is 1. The van der Waals surface area contributed by atoms with Crippen molar-refractivity contribution in [3.05, 3.63) is 46.7 Å². The van der Waals surface area contributed by atoms with Gasteiger partial charge in [-0.1, -0.05) is 48.4 Å². The molecule has 2 atom stereocenters. The van der Waals surface area contributed by atoms with Crippen LogP contribution in [-0.4, -0.2) is 40.3 Å². The van der Waals surface area contributed by atoms with Crippen LogP contribution in [0.5, 0.6) is 0 Å². The van der Waals surface area contributed by atoms with Gasteiger partial charge in [0.15, 0.2) is 0 Å². The normalized spacial score (nSPS) is 20.8. The molecular formula is C18H24ClN3O3S. The molecule has 3 rings (SSSR count). The van der Waals surface area contributed by atoms with Crippen molar-refractivity contribution in [2.24, 2.45) is 13.0 Å². The van der Waals surface area contributed by atoms with Crippen LogP contribution in [0.2, 0.25) is 5.15 Å². The predicted molar refractivity (Wildman–Crippen MR) is 100 cm³/mol. The number of aryl methyl sites for hydroxylation is 2. The summed E-state index contributed by atoms with van der Waals surface area (Å²) in [5.41, 5.74) is 1.27. The van der Waals surface area contributed by atoms with Crippen LogP contribution in [-0.2, 0) is 23.6 Å². The molecule has 0 bridgehead atoms. The minimum atomic E-state index is -3.84. The number of hydrogen-bond acceptors (Lipinski definition) is 4. The topological polar surface area (TPSA) is 75.4 Å². The molecule has 26 heavy (non-hydrogen) atoms. The van der Waals surface area contributed by atoms with Crippen molar-refractivity contribution in [2.75, 3.05) is 6.54 Å². The number of aromatic nitrogens is 2. The molecule has 1 aromatic carbocycles. The summed E-state index contributed by atoms with van der Waals surface area (Å²) < 4.78 is 29.6. The summed E-state index contributed by atoms with van der Waals surface area (Å²) >= 11 is 6.24. The Bertz CT molecular complexity index is 867. The van der Waals surface area contributed by atoms with Crippen molar-refractivity contribution in [3.8, 4) is 0 Å². The third kappa shape index (κ3) is 3.81. The zero-order valence-electron chi connectivity index (χ0n) is 15.0. The summed E-state index contributed by atoms with van der Waals surface area (Å²) in [6.45, 7) is 2.14. The van der Waals surface area contributed by atoms with E-state index in [9.17, 15) is 13.5 Å². The number of aliphatic hydroxyl groups excluding tert-OH is 1. The summed E-state index contributed by atoms with van der Waals surface area (Å²) in [6.07, 6.45) is 1.99. The third-order valence-electron chi connectivity index (χ3n) is 4.96. The van der Waals surface area contributed by atoms with E-state index >= 15 is 0 Å². The van der Waals surface area contributed by atoms with Crippen LogP contribution < -0.4 is 0 Å². The highest BCUT2D eigenvalue weighted by Crippen LogP contribution is 2.32. The lowest BCUT2D eigenvalue weighted by Gasteiger charge is -2.26. The summed E-state index contributed by atoms with van der Waals surface area (Å²) in [5, 5.41) is 14.4. The van der Waals surface area contributed by atoms with E-state index in [4.69, 9.17) is 11.6 Å². The van der Waals surface area contributed by atoms with Gasteiger partial charge in [0, 0.05) is 20.1 Å². The van der Waals surface area contributed by atoms with Crippen molar-refractivity contribution < 1.29 is 13.5 Å². The second-order valence-electron chi connectivity index (χ2n) is 6.87. The molecule has 1 N–H and O–H groups in total. The van der Waals surface area contributed by atoms with Crippen molar-refractivity contribution in [1.29, 1.82) is 0 Å². The Kier molecular flexibility index (Phi) is 5.72. The van der Waals surface area contributed by atoms with Crippen molar-refractivity contribution in [1.82, 2.24) is 14.1 Å². The third-order valence-corrected chi connectivity index (χ3v) is 7.47. The predicted octanol–water partition coefficient (Wildman–Crippen LogP) is 2.73. The van der Waals surface area contributed by atoms with E-state index in [2.05, 4.69) is 5.10 Å². The molecule has 0 amide bonds. The Morgan fingerprint density at radius 1 is 1.31 bits per heavy atom. The SMILES string of the molecule is Cc1nn(C)c(Cl)c1S(=O)(=O)N(Cc1ccccc1)CC1CCCC1O. The van der Waals surface area contributed by atoms with E-state index in [0.29, 0.717) is 5.69 Å². The molecule has 2 unspecified atom stereocenters. The molecule has 2 aromatic rings. The summed E-state index contributed by atoms with van der Waals surface area (Å²) in [4.78, 5) is 0.0464. The molecule has 1 fully saturated rings. The highest BCUT2D eigenvalue weighted by Gasteiger charge is 2.36. The smallest absolute Gasteiger partial charge is 0.248 e. The molecule has 1 aliphatic carbocycles. The Morgan fingerprint density at radius 3 is 2.54 bits per heavy atom. The number of rotatable bonds is 6. The number of hydrogen-bond donors (Lipinski definition) is 1.